The number of nitrogens with one attached hydrogen (secondary N) is 1. The zero-order valence-corrected chi connectivity index (χ0v) is 27.4. The maximum Gasteiger partial charge on any atom is 0.273 e. The van der Waals surface area contributed by atoms with Crippen molar-refractivity contribution in [3.8, 4) is 5.69 Å². The molecule has 1 aromatic heterocycles. The van der Waals surface area contributed by atoms with Gasteiger partial charge >= 0.3 is 0 Å². The number of halogens is 1. The van der Waals surface area contributed by atoms with E-state index in [1.165, 1.54) is 15.4 Å². The van der Waals surface area contributed by atoms with Gasteiger partial charge in [0.2, 0.25) is 0 Å². The van der Waals surface area contributed by atoms with Crippen molar-refractivity contribution in [2.75, 3.05) is 4.31 Å². The van der Waals surface area contributed by atoms with Gasteiger partial charge < -0.3 is 4.57 Å². The number of para-hydroxylation sites is 1. The van der Waals surface area contributed by atoms with Crippen LogP contribution in [0.25, 0.3) is 5.69 Å². The summed E-state index contributed by atoms with van der Waals surface area (Å²) in [7, 11) is -4.06. The standard InChI is InChI=1S/C36H35ClN4O3S/c1-24-10-16-33(17-11-24)45(43,44)40(23-29-12-14-31(37)15-13-29)35-9-7-6-8-34(35)36(42)39-38-22-30-21-27(4)41(28(30)5)32-19-25(2)18-26(3)20-32/h6-22H,23H2,1-5H3,(H,39,42)/b38-22+. The molecular formula is C36H35ClN4O3S. The van der Waals surface area contributed by atoms with Crippen LogP contribution in [0.15, 0.2) is 107 Å². The van der Waals surface area contributed by atoms with E-state index in [9.17, 15) is 13.2 Å². The predicted octanol–water partition coefficient (Wildman–Crippen LogP) is 7.83. The highest BCUT2D eigenvalue weighted by Crippen LogP contribution is 2.30. The number of hydrogen-bond acceptors (Lipinski definition) is 4. The molecule has 0 fully saturated rings. The molecule has 1 heterocycles. The van der Waals surface area contributed by atoms with Crippen molar-refractivity contribution in [1.29, 1.82) is 0 Å². The first-order valence-corrected chi connectivity index (χ1v) is 16.3. The molecule has 5 rings (SSSR count). The molecule has 9 heteroatoms. The van der Waals surface area contributed by atoms with Crippen LogP contribution in [0.4, 0.5) is 5.69 Å². The molecule has 0 aliphatic carbocycles. The first kappa shape index (κ1) is 31.8. The molecule has 0 saturated heterocycles. The Morgan fingerprint density at radius 3 is 2.16 bits per heavy atom. The van der Waals surface area contributed by atoms with Crippen LogP contribution in [-0.4, -0.2) is 25.1 Å². The third kappa shape index (κ3) is 7.03. The van der Waals surface area contributed by atoms with E-state index in [1.807, 2.05) is 26.8 Å². The summed E-state index contributed by atoms with van der Waals surface area (Å²) >= 11 is 6.09. The molecule has 0 aliphatic heterocycles. The molecule has 1 amide bonds. The number of hydrazone groups is 1. The van der Waals surface area contributed by atoms with Crippen LogP contribution in [0, 0.1) is 34.6 Å². The second kappa shape index (κ2) is 13.1. The average Bonchev–Trinajstić information content (AvgIpc) is 3.28. The van der Waals surface area contributed by atoms with E-state index in [0.29, 0.717) is 10.6 Å². The number of anilines is 1. The number of carbonyl (C=O) groups is 1. The second-order valence-corrected chi connectivity index (χ2v) is 13.5. The highest BCUT2D eigenvalue weighted by Gasteiger charge is 2.28. The van der Waals surface area contributed by atoms with Crippen molar-refractivity contribution in [2.45, 2.75) is 46.1 Å². The summed E-state index contributed by atoms with van der Waals surface area (Å²) in [4.78, 5) is 13.7. The second-order valence-electron chi connectivity index (χ2n) is 11.2. The number of nitrogens with zero attached hydrogens (tertiary/aromatic N) is 3. The van der Waals surface area contributed by atoms with E-state index >= 15 is 0 Å². The van der Waals surface area contributed by atoms with Crippen molar-refractivity contribution >= 4 is 39.4 Å². The van der Waals surface area contributed by atoms with E-state index in [-0.39, 0.29) is 22.7 Å². The molecule has 0 atom stereocenters. The number of benzene rings is 4. The van der Waals surface area contributed by atoms with Crippen molar-refractivity contribution in [2.24, 2.45) is 5.10 Å². The highest BCUT2D eigenvalue weighted by molar-refractivity contribution is 7.92. The Morgan fingerprint density at radius 1 is 0.844 bits per heavy atom. The first-order valence-electron chi connectivity index (χ1n) is 14.5. The van der Waals surface area contributed by atoms with Crippen molar-refractivity contribution in [3.05, 3.63) is 147 Å². The molecular weight excluding hydrogens is 604 g/mol. The highest BCUT2D eigenvalue weighted by atomic mass is 35.5. The third-order valence-corrected chi connectivity index (χ3v) is 9.60. The fraction of sp³-hybridized carbons (Fsp3) is 0.167. The molecule has 0 saturated carbocycles. The molecule has 4 aromatic carbocycles. The molecule has 45 heavy (non-hydrogen) atoms. The van der Waals surface area contributed by atoms with Gasteiger partial charge in [0.1, 0.15) is 0 Å². The monoisotopic (exact) mass is 638 g/mol. The van der Waals surface area contributed by atoms with Gasteiger partial charge in [0.25, 0.3) is 15.9 Å². The Kier molecular flexibility index (Phi) is 9.27. The lowest BCUT2D eigenvalue weighted by atomic mass is 10.1. The number of sulfonamides is 1. The van der Waals surface area contributed by atoms with E-state index < -0.39 is 15.9 Å². The van der Waals surface area contributed by atoms with Crippen molar-refractivity contribution in [3.63, 3.8) is 0 Å². The molecule has 0 spiro atoms. The van der Waals surface area contributed by atoms with E-state index in [4.69, 9.17) is 11.6 Å². The number of amides is 1. The Morgan fingerprint density at radius 2 is 1.49 bits per heavy atom. The Bertz CT molecular complexity index is 1980. The van der Waals surface area contributed by atoms with Gasteiger partial charge in [-0.15, -0.1) is 0 Å². The van der Waals surface area contributed by atoms with Crippen LogP contribution in [0.2, 0.25) is 5.02 Å². The molecule has 0 bridgehead atoms. The summed E-state index contributed by atoms with van der Waals surface area (Å²) in [6.07, 6.45) is 1.61. The summed E-state index contributed by atoms with van der Waals surface area (Å²) in [5, 5.41) is 4.81. The van der Waals surface area contributed by atoms with Crippen LogP contribution >= 0.6 is 11.6 Å². The molecule has 5 aromatic rings. The number of aromatic nitrogens is 1. The lowest BCUT2D eigenvalue weighted by molar-refractivity contribution is 0.0955. The first-order chi connectivity index (χ1) is 21.4. The Balaban J connectivity index is 1.46. The van der Waals surface area contributed by atoms with Crippen LogP contribution in [0.3, 0.4) is 0 Å². The zero-order chi connectivity index (χ0) is 32.3. The number of rotatable bonds is 9. The van der Waals surface area contributed by atoms with Gasteiger partial charge in [0, 0.05) is 27.7 Å². The largest absolute Gasteiger partial charge is 0.318 e. The van der Waals surface area contributed by atoms with Crippen LogP contribution in [0.5, 0.6) is 0 Å². The van der Waals surface area contributed by atoms with Gasteiger partial charge in [0.15, 0.2) is 0 Å². The van der Waals surface area contributed by atoms with E-state index in [0.717, 1.165) is 28.2 Å². The van der Waals surface area contributed by atoms with Crippen molar-refractivity contribution < 1.29 is 13.2 Å². The zero-order valence-electron chi connectivity index (χ0n) is 25.9. The molecule has 0 unspecified atom stereocenters. The minimum absolute atomic E-state index is 0.00857. The summed E-state index contributed by atoms with van der Waals surface area (Å²) in [6.45, 7) is 10.1. The number of aryl methyl sites for hydroxylation is 4. The van der Waals surface area contributed by atoms with Gasteiger partial charge in [-0.3, -0.25) is 9.10 Å². The topological polar surface area (TPSA) is 83.8 Å². The summed E-state index contributed by atoms with van der Waals surface area (Å²) in [5.41, 5.74) is 10.9. The Labute approximate surface area is 269 Å². The van der Waals surface area contributed by atoms with Gasteiger partial charge in [-0.05, 0) is 106 Å². The van der Waals surface area contributed by atoms with Gasteiger partial charge in [0.05, 0.1) is 28.9 Å². The maximum atomic E-state index is 14.1. The summed E-state index contributed by atoms with van der Waals surface area (Å²) < 4.78 is 31.5. The maximum absolute atomic E-state index is 14.1. The lowest BCUT2D eigenvalue weighted by Gasteiger charge is -2.26. The fourth-order valence-corrected chi connectivity index (χ4v) is 6.99. The van der Waals surface area contributed by atoms with E-state index in [1.54, 1.807) is 79.0 Å². The van der Waals surface area contributed by atoms with Crippen LogP contribution in [0.1, 0.15) is 49.6 Å². The third-order valence-electron chi connectivity index (χ3n) is 7.57. The normalized spacial score (nSPS) is 11.6. The number of hydrogen-bond donors (Lipinski definition) is 1. The minimum atomic E-state index is -4.06. The summed E-state index contributed by atoms with van der Waals surface area (Å²) in [6, 6.07) is 28.6. The molecule has 0 aliphatic rings. The van der Waals surface area contributed by atoms with E-state index in [2.05, 4.69) is 47.1 Å². The van der Waals surface area contributed by atoms with Gasteiger partial charge in [-0.25, -0.2) is 13.8 Å². The van der Waals surface area contributed by atoms with Gasteiger partial charge in [-0.2, -0.15) is 5.10 Å². The minimum Gasteiger partial charge on any atom is -0.318 e. The lowest BCUT2D eigenvalue weighted by Crippen LogP contribution is -2.33. The molecule has 1 N–H and O–H groups in total. The summed E-state index contributed by atoms with van der Waals surface area (Å²) in [5.74, 6) is -0.537. The SMILES string of the molecule is Cc1ccc(S(=O)(=O)N(Cc2ccc(Cl)cc2)c2ccccc2C(=O)N/N=C/c2cc(C)n(-c3cc(C)cc(C)c3)c2C)cc1. The number of carbonyl (C=O) groups excluding carboxylic acids is 1. The predicted molar refractivity (Wildman–Crippen MR) is 182 cm³/mol. The quantitative estimate of drug-likeness (QED) is 0.132. The molecule has 230 valence electrons. The van der Waals surface area contributed by atoms with Crippen molar-refractivity contribution in [1.82, 2.24) is 9.99 Å². The average molecular weight is 639 g/mol. The van der Waals surface area contributed by atoms with Crippen LogP contribution in [-0.2, 0) is 16.6 Å². The van der Waals surface area contributed by atoms with Crippen LogP contribution < -0.4 is 9.73 Å². The molecule has 0 radical (unpaired) electrons. The molecule has 7 nitrogen and oxygen atoms in total. The fourth-order valence-electron chi connectivity index (χ4n) is 5.39. The Hall–Kier alpha value is -4.66. The van der Waals surface area contributed by atoms with Gasteiger partial charge in [-0.1, -0.05) is 59.6 Å². The smallest absolute Gasteiger partial charge is 0.273 e.